The molecule has 0 aliphatic carbocycles. The predicted molar refractivity (Wildman–Crippen MR) is 56.9 cm³/mol. The Kier molecular flexibility index (Phi) is 5.08. The van der Waals surface area contributed by atoms with Crippen LogP contribution < -0.4 is 0 Å². The van der Waals surface area contributed by atoms with Crippen molar-refractivity contribution in [2.24, 2.45) is 5.92 Å². The molecule has 1 aliphatic heterocycles. The van der Waals surface area contributed by atoms with E-state index in [0.717, 1.165) is 0 Å². The topological polar surface area (TPSA) is 49.8 Å². The first-order chi connectivity index (χ1) is 7.81. The van der Waals surface area contributed by atoms with Crippen LogP contribution >= 0.6 is 11.8 Å². The van der Waals surface area contributed by atoms with Crippen molar-refractivity contribution in [1.82, 2.24) is 4.90 Å². The summed E-state index contributed by atoms with van der Waals surface area (Å²) in [5, 5.41) is 8.90. The van der Waals surface area contributed by atoms with E-state index in [2.05, 4.69) is 0 Å². The van der Waals surface area contributed by atoms with Crippen molar-refractivity contribution >= 4 is 17.7 Å². The van der Waals surface area contributed by atoms with Gasteiger partial charge in [-0.15, -0.1) is 0 Å². The SMILES string of the molecule is CN(CCSC(F)(F)F)C1COCC1C(=O)O. The van der Waals surface area contributed by atoms with Gasteiger partial charge in [-0.05, 0) is 18.8 Å². The van der Waals surface area contributed by atoms with E-state index in [9.17, 15) is 18.0 Å². The van der Waals surface area contributed by atoms with Crippen LogP contribution in [-0.4, -0.2) is 60.1 Å². The van der Waals surface area contributed by atoms with Crippen LogP contribution in [0.4, 0.5) is 13.2 Å². The van der Waals surface area contributed by atoms with Crippen LogP contribution in [0.1, 0.15) is 0 Å². The third kappa shape index (κ3) is 4.72. The number of nitrogens with zero attached hydrogens (tertiary/aromatic N) is 1. The number of aliphatic carboxylic acids is 1. The number of likely N-dealkylation sites (N-methyl/N-ethyl adjacent to an activating group) is 1. The minimum absolute atomic E-state index is 0.0996. The summed E-state index contributed by atoms with van der Waals surface area (Å²) in [7, 11) is 1.62. The highest BCUT2D eigenvalue weighted by molar-refractivity contribution is 8.00. The largest absolute Gasteiger partial charge is 0.481 e. The van der Waals surface area contributed by atoms with Gasteiger partial charge >= 0.3 is 11.5 Å². The molecule has 1 N–H and O–H groups in total. The fraction of sp³-hybridized carbons (Fsp3) is 0.889. The molecular weight excluding hydrogens is 259 g/mol. The summed E-state index contributed by atoms with van der Waals surface area (Å²) < 4.78 is 40.8. The molecule has 4 nitrogen and oxygen atoms in total. The van der Waals surface area contributed by atoms with Crippen LogP contribution in [0.2, 0.25) is 0 Å². The summed E-state index contributed by atoms with van der Waals surface area (Å²) in [6.07, 6.45) is 0. The van der Waals surface area contributed by atoms with Gasteiger partial charge in [0.2, 0.25) is 0 Å². The minimum atomic E-state index is -4.24. The highest BCUT2D eigenvalue weighted by atomic mass is 32.2. The number of ether oxygens (including phenoxy) is 1. The Bertz CT molecular complexity index is 275. The van der Waals surface area contributed by atoms with Gasteiger partial charge in [0, 0.05) is 18.3 Å². The molecule has 0 spiro atoms. The average Bonchev–Trinajstić information content (AvgIpc) is 2.63. The average molecular weight is 273 g/mol. The molecule has 1 saturated heterocycles. The van der Waals surface area contributed by atoms with E-state index in [4.69, 9.17) is 9.84 Å². The van der Waals surface area contributed by atoms with Crippen LogP contribution in [0.3, 0.4) is 0 Å². The van der Waals surface area contributed by atoms with Crippen LogP contribution in [-0.2, 0) is 9.53 Å². The Morgan fingerprint density at radius 2 is 2.18 bits per heavy atom. The first-order valence-electron chi connectivity index (χ1n) is 5.02. The molecule has 1 heterocycles. The van der Waals surface area contributed by atoms with Gasteiger partial charge in [-0.2, -0.15) is 13.2 Å². The van der Waals surface area contributed by atoms with Crippen molar-refractivity contribution in [3.63, 3.8) is 0 Å². The summed E-state index contributed by atoms with van der Waals surface area (Å²) >= 11 is -0.0996. The number of hydrogen-bond acceptors (Lipinski definition) is 4. The van der Waals surface area contributed by atoms with Crippen molar-refractivity contribution < 1.29 is 27.8 Å². The van der Waals surface area contributed by atoms with Crippen LogP contribution in [0.5, 0.6) is 0 Å². The second kappa shape index (κ2) is 5.92. The van der Waals surface area contributed by atoms with E-state index < -0.39 is 17.4 Å². The lowest BCUT2D eigenvalue weighted by Gasteiger charge is -2.25. The van der Waals surface area contributed by atoms with E-state index in [1.165, 1.54) is 0 Å². The number of halogens is 3. The molecule has 17 heavy (non-hydrogen) atoms. The van der Waals surface area contributed by atoms with Gasteiger partial charge in [0.05, 0.1) is 19.1 Å². The maximum absolute atomic E-state index is 11.9. The highest BCUT2D eigenvalue weighted by Crippen LogP contribution is 2.30. The maximum atomic E-state index is 11.9. The first kappa shape index (κ1) is 14.6. The normalized spacial score (nSPS) is 25.5. The third-order valence-corrected chi connectivity index (χ3v) is 3.36. The van der Waals surface area contributed by atoms with Gasteiger partial charge in [-0.1, -0.05) is 0 Å². The molecule has 0 aromatic heterocycles. The number of thioether (sulfide) groups is 1. The van der Waals surface area contributed by atoms with Crippen molar-refractivity contribution in [3.8, 4) is 0 Å². The number of rotatable bonds is 5. The third-order valence-electron chi connectivity index (χ3n) is 2.64. The van der Waals surface area contributed by atoms with Gasteiger partial charge in [0.15, 0.2) is 0 Å². The molecule has 0 radical (unpaired) electrons. The number of carboxylic acid groups (broad SMARTS) is 1. The lowest BCUT2D eigenvalue weighted by atomic mass is 10.0. The molecule has 1 aliphatic rings. The maximum Gasteiger partial charge on any atom is 0.441 e. The quantitative estimate of drug-likeness (QED) is 0.817. The Morgan fingerprint density at radius 1 is 1.53 bits per heavy atom. The molecular formula is C9H14F3NO3S. The van der Waals surface area contributed by atoms with Gasteiger partial charge in [0.1, 0.15) is 0 Å². The second-order valence-electron chi connectivity index (χ2n) is 3.82. The van der Waals surface area contributed by atoms with E-state index in [1.54, 1.807) is 11.9 Å². The molecule has 0 aromatic carbocycles. The number of hydrogen-bond donors (Lipinski definition) is 1. The fourth-order valence-electron chi connectivity index (χ4n) is 1.68. The Balaban J connectivity index is 2.36. The zero-order chi connectivity index (χ0) is 13.1. The van der Waals surface area contributed by atoms with E-state index in [0.29, 0.717) is 0 Å². The monoisotopic (exact) mass is 273 g/mol. The Hall–Kier alpha value is -0.470. The summed E-state index contributed by atoms with van der Waals surface area (Å²) in [6, 6.07) is -0.346. The standard InChI is InChI=1S/C9H14F3NO3S/c1-13(2-3-17-9(10,11)12)7-5-16-4-6(7)8(14)15/h6-7H,2-5H2,1H3,(H,14,15). The summed E-state index contributed by atoms with van der Waals surface area (Å²) in [4.78, 5) is 12.5. The van der Waals surface area contributed by atoms with Crippen LogP contribution in [0, 0.1) is 5.92 Å². The van der Waals surface area contributed by atoms with Crippen LogP contribution in [0.15, 0.2) is 0 Å². The van der Waals surface area contributed by atoms with Crippen LogP contribution in [0.25, 0.3) is 0 Å². The highest BCUT2D eigenvalue weighted by Gasteiger charge is 2.37. The van der Waals surface area contributed by atoms with E-state index >= 15 is 0 Å². The lowest BCUT2D eigenvalue weighted by molar-refractivity contribution is -0.143. The summed E-state index contributed by atoms with van der Waals surface area (Å²) in [5.41, 5.74) is -4.24. The summed E-state index contributed by atoms with van der Waals surface area (Å²) in [5.74, 6) is -1.73. The molecule has 8 heteroatoms. The van der Waals surface area contributed by atoms with E-state index in [1.807, 2.05) is 0 Å². The lowest BCUT2D eigenvalue weighted by Crippen LogP contribution is -2.41. The number of carbonyl (C=O) groups is 1. The van der Waals surface area contributed by atoms with Gasteiger partial charge in [-0.25, -0.2) is 0 Å². The van der Waals surface area contributed by atoms with Crippen molar-refractivity contribution in [1.29, 1.82) is 0 Å². The second-order valence-corrected chi connectivity index (χ2v) is 4.98. The van der Waals surface area contributed by atoms with Gasteiger partial charge < -0.3 is 9.84 Å². The first-order valence-corrected chi connectivity index (χ1v) is 6.01. The van der Waals surface area contributed by atoms with E-state index in [-0.39, 0.29) is 43.3 Å². The molecule has 0 saturated carbocycles. The zero-order valence-electron chi connectivity index (χ0n) is 9.24. The molecule has 2 unspecified atom stereocenters. The molecule has 0 amide bonds. The molecule has 2 atom stereocenters. The smallest absolute Gasteiger partial charge is 0.441 e. The number of carboxylic acids is 1. The van der Waals surface area contributed by atoms with Crippen molar-refractivity contribution in [3.05, 3.63) is 0 Å². The molecule has 0 bridgehead atoms. The number of alkyl halides is 3. The molecule has 1 rings (SSSR count). The molecule has 100 valence electrons. The minimum Gasteiger partial charge on any atom is -0.481 e. The zero-order valence-corrected chi connectivity index (χ0v) is 10.1. The van der Waals surface area contributed by atoms with Crippen molar-refractivity contribution in [2.45, 2.75) is 11.6 Å². The van der Waals surface area contributed by atoms with Gasteiger partial charge in [0.25, 0.3) is 0 Å². The van der Waals surface area contributed by atoms with Gasteiger partial charge in [-0.3, -0.25) is 9.69 Å². The molecule has 1 fully saturated rings. The Morgan fingerprint density at radius 3 is 2.71 bits per heavy atom. The predicted octanol–water partition coefficient (Wildman–Crippen LogP) is 1.27. The Labute approximate surface area is 101 Å². The summed E-state index contributed by atoms with van der Waals surface area (Å²) in [6.45, 7) is 0.558. The molecule has 0 aromatic rings. The fourth-order valence-corrected chi connectivity index (χ4v) is 2.30. The van der Waals surface area contributed by atoms with Crippen molar-refractivity contribution in [2.75, 3.05) is 32.6 Å².